The second-order valence-electron chi connectivity index (χ2n) is 5.82. The van der Waals surface area contributed by atoms with Gasteiger partial charge >= 0.3 is 0 Å². The Morgan fingerprint density at radius 3 is 2.72 bits per heavy atom. The number of rotatable bonds is 5. The van der Waals surface area contributed by atoms with Gasteiger partial charge in [0.15, 0.2) is 0 Å². The van der Waals surface area contributed by atoms with Gasteiger partial charge < -0.3 is 10.2 Å². The number of hydrogen-bond donors (Lipinski definition) is 1. The topological polar surface area (TPSA) is 15.3 Å². The zero-order valence-electron chi connectivity index (χ0n) is 12.2. The number of nitrogens with zero attached hydrogens (tertiary/aromatic N) is 1. The molecule has 0 aromatic carbocycles. The van der Waals surface area contributed by atoms with Crippen molar-refractivity contribution in [3.8, 4) is 0 Å². The third-order valence-corrected chi connectivity index (χ3v) is 5.76. The largest absolute Gasteiger partial charge is 0.311 e. The highest BCUT2D eigenvalue weighted by Gasteiger charge is 2.26. The summed E-state index contributed by atoms with van der Waals surface area (Å²) >= 11 is 2.16. The first-order valence-electron chi connectivity index (χ1n) is 7.91. The summed E-state index contributed by atoms with van der Waals surface area (Å²) in [5.41, 5.74) is 0. The molecule has 2 fully saturated rings. The van der Waals surface area contributed by atoms with E-state index in [1.54, 1.807) is 0 Å². The average Bonchev–Trinajstić information content (AvgIpc) is 2.68. The van der Waals surface area contributed by atoms with Gasteiger partial charge in [-0.25, -0.2) is 0 Å². The number of likely N-dealkylation sites (tertiary alicyclic amines) is 1. The molecule has 106 valence electrons. The molecular weight excluding hydrogens is 240 g/mol. The molecule has 2 rings (SSSR count). The van der Waals surface area contributed by atoms with Gasteiger partial charge in [-0.15, -0.1) is 0 Å². The first-order chi connectivity index (χ1) is 8.81. The number of hydrogen-bond acceptors (Lipinski definition) is 3. The Kier molecular flexibility index (Phi) is 6.33. The maximum atomic E-state index is 3.95. The molecule has 0 aromatic rings. The lowest BCUT2D eigenvalue weighted by molar-refractivity contribution is 0.295. The summed E-state index contributed by atoms with van der Waals surface area (Å²) in [6.07, 6.45) is 8.38. The summed E-state index contributed by atoms with van der Waals surface area (Å²) in [7, 11) is 0. The zero-order valence-corrected chi connectivity index (χ0v) is 13.0. The van der Waals surface area contributed by atoms with E-state index in [2.05, 4.69) is 35.8 Å². The Balaban J connectivity index is 1.70. The third kappa shape index (κ3) is 4.43. The normalized spacial score (nSPS) is 34.7. The lowest BCUT2D eigenvalue weighted by Gasteiger charge is -2.22. The maximum absolute atomic E-state index is 3.95. The number of thioether (sulfide) groups is 1. The Morgan fingerprint density at radius 1 is 1.06 bits per heavy atom. The van der Waals surface area contributed by atoms with Crippen LogP contribution in [-0.4, -0.2) is 47.6 Å². The van der Waals surface area contributed by atoms with Crippen LogP contribution in [0.25, 0.3) is 0 Å². The van der Waals surface area contributed by atoms with E-state index in [1.807, 2.05) is 0 Å². The first kappa shape index (κ1) is 14.7. The van der Waals surface area contributed by atoms with Crippen LogP contribution in [-0.2, 0) is 0 Å². The fraction of sp³-hybridized carbons (Fsp3) is 1.00. The van der Waals surface area contributed by atoms with Crippen LogP contribution in [0.15, 0.2) is 0 Å². The molecule has 0 bridgehead atoms. The van der Waals surface area contributed by atoms with Gasteiger partial charge in [0, 0.05) is 17.3 Å². The minimum Gasteiger partial charge on any atom is -0.311 e. The SMILES string of the molecule is CCSC1CCC(NC2CCCN(CC)CC2)C1. The Morgan fingerprint density at radius 2 is 1.94 bits per heavy atom. The van der Waals surface area contributed by atoms with Crippen molar-refractivity contribution in [2.75, 3.05) is 25.4 Å². The second-order valence-corrected chi connectivity index (χ2v) is 7.39. The first-order valence-corrected chi connectivity index (χ1v) is 8.96. The Hall–Kier alpha value is 0.270. The summed E-state index contributed by atoms with van der Waals surface area (Å²) in [5.74, 6) is 1.28. The van der Waals surface area contributed by atoms with Gasteiger partial charge in [0.1, 0.15) is 0 Å². The second kappa shape index (κ2) is 7.76. The quantitative estimate of drug-likeness (QED) is 0.826. The highest BCUT2D eigenvalue weighted by Crippen LogP contribution is 2.30. The molecule has 2 nitrogen and oxygen atoms in total. The highest BCUT2D eigenvalue weighted by atomic mass is 32.2. The van der Waals surface area contributed by atoms with Crippen molar-refractivity contribution in [3.05, 3.63) is 0 Å². The fourth-order valence-electron chi connectivity index (χ4n) is 3.45. The van der Waals surface area contributed by atoms with Crippen molar-refractivity contribution in [1.82, 2.24) is 10.2 Å². The van der Waals surface area contributed by atoms with Crippen LogP contribution in [0.4, 0.5) is 0 Å². The van der Waals surface area contributed by atoms with Crippen molar-refractivity contribution >= 4 is 11.8 Å². The van der Waals surface area contributed by atoms with Crippen molar-refractivity contribution in [1.29, 1.82) is 0 Å². The van der Waals surface area contributed by atoms with Crippen molar-refractivity contribution in [2.45, 2.75) is 69.7 Å². The van der Waals surface area contributed by atoms with E-state index in [-0.39, 0.29) is 0 Å². The van der Waals surface area contributed by atoms with Crippen LogP contribution in [0, 0.1) is 0 Å². The third-order valence-electron chi connectivity index (χ3n) is 4.53. The monoisotopic (exact) mass is 270 g/mol. The van der Waals surface area contributed by atoms with Crippen molar-refractivity contribution in [2.24, 2.45) is 0 Å². The molecule has 3 heteroatoms. The summed E-state index contributed by atoms with van der Waals surface area (Å²) in [6.45, 7) is 8.42. The molecule has 0 amide bonds. The van der Waals surface area contributed by atoms with Crippen LogP contribution in [0.2, 0.25) is 0 Å². The molecule has 1 aliphatic heterocycles. The van der Waals surface area contributed by atoms with Gasteiger partial charge in [-0.2, -0.15) is 11.8 Å². The summed E-state index contributed by atoms with van der Waals surface area (Å²) < 4.78 is 0. The molecule has 18 heavy (non-hydrogen) atoms. The molecule has 2 aliphatic rings. The molecule has 1 heterocycles. The average molecular weight is 270 g/mol. The molecular formula is C15H30N2S. The molecule has 1 aliphatic carbocycles. The van der Waals surface area contributed by atoms with Gasteiger partial charge in [-0.1, -0.05) is 13.8 Å². The molecule has 0 radical (unpaired) electrons. The summed E-state index contributed by atoms with van der Waals surface area (Å²) in [5, 5.41) is 4.89. The summed E-state index contributed by atoms with van der Waals surface area (Å²) in [6, 6.07) is 1.60. The molecule has 1 N–H and O–H groups in total. The smallest absolute Gasteiger partial charge is 0.00823 e. The standard InChI is InChI=1S/C15H30N2S/c1-3-17-10-5-6-13(9-11-17)16-14-7-8-15(12-14)18-4-2/h13-16H,3-12H2,1-2H3. The maximum Gasteiger partial charge on any atom is 0.00823 e. The molecule has 3 atom stereocenters. The Bertz CT molecular complexity index is 235. The predicted octanol–water partition coefficient (Wildman–Crippen LogP) is 3.12. The molecule has 1 saturated heterocycles. The van der Waals surface area contributed by atoms with Gasteiger partial charge in [0.25, 0.3) is 0 Å². The highest BCUT2D eigenvalue weighted by molar-refractivity contribution is 7.99. The Labute approximate surface area is 117 Å². The van der Waals surface area contributed by atoms with E-state index in [9.17, 15) is 0 Å². The lowest BCUT2D eigenvalue weighted by atomic mass is 10.1. The zero-order chi connectivity index (χ0) is 12.8. The van der Waals surface area contributed by atoms with E-state index in [1.165, 1.54) is 63.9 Å². The van der Waals surface area contributed by atoms with E-state index >= 15 is 0 Å². The predicted molar refractivity (Wildman–Crippen MR) is 82.4 cm³/mol. The van der Waals surface area contributed by atoms with E-state index in [0.29, 0.717) is 0 Å². The van der Waals surface area contributed by atoms with E-state index < -0.39 is 0 Å². The van der Waals surface area contributed by atoms with Gasteiger partial charge in [-0.05, 0) is 63.9 Å². The molecule has 0 spiro atoms. The minimum atomic E-state index is 0.789. The van der Waals surface area contributed by atoms with Gasteiger partial charge in [-0.3, -0.25) is 0 Å². The van der Waals surface area contributed by atoms with Crippen LogP contribution in [0.5, 0.6) is 0 Å². The lowest BCUT2D eigenvalue weighted by Crippen LogP contribution is -2.37. The molecule has 0 aromatic heterocycles. The van der Waals surface area contributed by atoms with E-state index in [0.717, 1.165) is 17.3 Å². The fourth-order valence-corrected chi connectivity index (χ4v) is 4.59. The van der Waals surface area contributed by atoms with Gasteiger partial charge in [0.2, 0.25) is 0 Å². The van der Waals surface area contributed by atoms with Crippen LogP contribution >= 0.6 is 11.8 Å². The van der Waals surface area contributed by atoms with Crippen LogP contribution in [0.1, 0.15) is 52.4 Å². The van der Waals surface area contributed by atoms with Crippen LogP contribution in [0.3, 0.4) is 0 Å². The minimum absolute atomic E-state index is 0.789. The number of nitrogens with one attached hydrogen (secondary N) is 1. The molecule has 1 saturated carbocycles. The summed E-state index contributed by atoms with van der Waals surface area (Å²) in [4.78, 5) is 2.60. The van der Waals surface area contributed by atoms with E-state index in [4.69, 9.17) is 0 Å². The molecule has 3 unspecified atom stereocenters. The van der Waals surface area contributed by atoms with Gasteiger partial charge in [0.05, 0.1) is 0 Å². The van der Waals surface area contributed by atoms with Crippen molar-refractivity contribution < 1.29 is 0 Å². The van der Waals surface area contributed by atoms with Crippen molar-refractivity contribution in [3.63, 3.8) is 0 Å². The van der Waals surface area contributed by atoms with Crippen LogP contribution < -0.4 is 5.32 Å².